The number of hydrogen-bond acceptors (Lipinski definition) is 1. The molecule has 0 spiro atoms. The van der Waals surface area contributed by atoms with Crippen LogP contribution >= 0.6 is 0 Å². The minimum Gasteiger partial charge on any atom is -0.481 e. The molecule has 0 rings (SSSR count). The largest absolute Gasteiger partial charge is 0.481 e. The Labute approximate surface area is 67.4 Å². The highest BCUT2D eigenvalue weighted by Gasteiger charge is 2.38. The molecular weight excluding hydrogens is 173 g/mol. The molecule has 0 heterocycles. The van der Waals surface area contributed by atoms with Gasteiger partial charge in [-0.1, -0.05) is 5.92 Å². The second kappa shape index (κ2) is 4.00. The molecule has 0 unspecified atom stereocenters. The molecule has 0 aliphatic rings. The second-order valence-corrected chi connectivity index (χ2v) is 2.19. The van der Waals surface area contributed by atoms with Gasteiger partial charge in [0.2, 0.25) is 0 Å². The van der Waals surface area contributed by atoms with Crippen molar-refractivity contribution in [3.05, 3.63) is 0 Å². The molecule has 1 atom stereocenters. The molecule has 1 N–H and O–H groups in total. The number of terminal acetylenes is 1. The quantitative estimate of drug-likeness (QED) is 0.670. The highest BCUT2D eigenvalue weighted by atomic mass is 19.4. The number of carbonyl (C=O) groups is 1. The molecule has 0 aromatic heterocycles. The number of alkyl halides is 3. The lowest BCUT2D eigenvalue weighted by molar-refractivity contribution is -0.161. The van der Waals surface area contributed by atoms with Crippen molar-refractivity contribution in [2.24, 2.45) is 5.92 Å². The van der Waals surface area contributed by atoms with Crippen molar-refractivity contribution in [1.82, 2.24) is 0 Å². The van der Waals surface area contributed by atoms with Gasteiger partial charge in [0.05, 0.1) is 0 Å². The normalized spacial score (nSPS) is 13.5. The standard InChI is InChI=1S/C7H7F3O2/c1-2-5(7(8,9)10)3-4-6(11)12/h1,5H,3-4H2,(H,11,12)/t5-/m0/s1. The maximum absolute atomic E-state index is 11.8. The van der Waals surface area contributed by atoms with Gasteiger partial charge >= 0.3 is 12.1 Å². The number of aliphatic carboxylic acids is 1. The maximum atomic E-state index is 11.8. The number of rotatable bonds is 3. The molecule has 0 aliphatic carbocycles. The van der Waals surface area contributed by atoms with Crippen LogP contribution in [0.2, 0.25) is 0 Å². The van der Waals surface area contributed by atoms with Gasteiger partial charge < -0.3 is 5.11 Å². The zero-order valence-electron chi connectivity index (χ0n) is 6.06. The molecule has 0 fully saturated rings. The van der Waals surface area contributed by atoms with Crippen molar-refractivity contribution in [2.75, 3.05) is 0 Å². The summed E-state index contributed by atoms with van der Waals surface area (Å²) in [4.78, 5) is 9.91. The van der Waals surface area contributed by atoms with Crippen LogP contribution in [0.4, 0.5) is 13.2 Å². The van der Waals surface area contributed by atoms with Crippen LogP contribution in [0.25, 0.3) is 0 Å². The van der Waals surface area contributed by atoms with Gasteiger partial charge in [0.15, 0.2) is 0 Å². The van der Waals surface area contributed by atoms with Crippen LogP contribution in [0.1, 0.15) is 12.8 Å². The minimum absolute atomic E-state index is 0.560. The molecular formula is C7H7F3O2. The number of halogens is 3. The number of carboxylic acids is 1. The van der Waals surface area contributed by atoms with E-state index in [9.17, 15) is 18.0 Å². The van der Waals surface area contributed by atoms with E-state index in [-0.39, 0.29) is 0 Å². The minimum atomic E-state index is -4.50. The molecule has 0 aromatic carbocycles. The van der Waals surface area contributed by atoms with E-state index in [4.69, 9.17) is 5.11 Å². The van der Waals surface area contributed by atoms with E-state index in [2.05, 4.69) is 6.42 Å². The first-order valence-electron chi connectivity index (χ1n) is 3.12. The summed E-state index contributed by atoms with van der Waals surface area (Å²) in [7, 11) is 0. The Morgan fingerprint density at radius 1 is 1.58 bits per heavy atom. The van der Waals surface area contributed by atoms with Gasteiger partial charge in [-0.25, -0.2) is 0 Å². The summed E-state index contributed by atoms with van der Waals surface area (Å²) in [5.74, 6) is -1.72. The molecule has 5 heteroatoms. The Kier molecular flexibility index (Phi) is 3.61. The van der Waals surface area contributed by atoms with E-state index in [1.54, 1.807) is 0 Å². The van der Waals surface area contributed by atoms with Gasteiger partial charge in [-0.05, 0) is 6.42 Å². The molecule has 12 heavy (non-hydrogen) atoms. The summed E-state index contributed by atoms with van der Waals surface area (Å²) in [6.45, 7) is 0. The average Bonchev–Trinajstić information content (AvgIpc) is 1.85. The monoisotopic (exact) mass is 180 g/mol. The van der Waals surface area contributed by atoms with E-state index in [1.807, 2.05) is 0 Å². The lowest BCUT2D eigenvalue weighted by Gasteiger charge is -2.12. The van der Waals surface area contributed by atoms with Crippen LogP contribution < -0.4 is 0 Å². The molecule has 2 nitrogen and oxygen atoms in total. The third-order valence-corrected chi connectivity index (χ3v) is 1.24. The zero-order chi connectivity index (χ0) is 9.78. The van der Waals surface area contributed by atoms with Crippen molar-refractivity contribution in [3.63, 3.8) is 0 Å². The number of hydrogen-bond donors (Lipinski definition) is 1. The Balaban J connectivity index is 4.04. The summed E-state index contributed by atoms with van der Waals surface area (Å²) in [6.07, 6.45) is -1.03. The Morgan fingerprint density at radius 2 is 2.08 bits per heavy atom. The first-order chi connectivity index (χ1) is 5.38. The van der Waals surface area contributed by atoms with Crippen LogP contribution in [0.5, 0.6) is 0 Å². The number of carboxylic acid groups (broad SMARTS) is 1. The summed E-state index contributed by atoms with van der Waals surface area (Å²) in [5.41, 5.74) is 0. The SMILES string of the molecule is C#C[C@@H](CCC(=O)O)C(F)(F)F. The summed E-state index contributed by atoms with van der Waals surface area (Å²) in [6, 6.07) is 0. The highest BCUT2D eigenvalue weighted by Crippen LogP contribution is 2.28. The van der Waals surface area contributed by atoms with Crippen LogP contribution in [0.15, 0.2) is 0 Å². The topological polar surface area (TPSA) is 37.3 Å². The van der Waals surface area contributed by atoms with E-state index >= 15 is 0 Å². The van der Waals surface area contributed by atoms with Gasteiger partial charge in [0, 0.05) is 6.42 Å². The highest BCUT2D eigenvalue weighted by molar-refractivity contribution is 5.66. The fraction of sp³-hybridized carbons (Fsp3) is 0.571. The molecule has 0 amide bonds. The molecule has 68 valence electrons. The van der Waals surface area contributed by atoms with E-state index in [0.717, 1.165) is 0 Å². The fourth-order valence-electron chi connectivity index (χ4n) is 0.609. The third-order valence-electron chi connectivity index (χ3n) is 1.24. The second-order valence-electron chi connectivity index (χ2n) is 2.19. The van der Waals surface area contributed by atoms with E-state index in [1.165, 1.54) is 5.92 Å². The van der Waals surface area contributed by atoms with Gasteiger partial charge in [-0.3, -0.25) is 4.79 Å². The van der Waals surface area contributed by atoms with Gasteiger partial charge in [-0.15, -0.1) is 6.42 Å². The molecule has 0 saturated heterocycles. The Bertz CT molecular complexity index is 202. The lowest BCUT2D eigenvalue weighted by Crippen LogP contribution is -2.22. The van der Waals surface area contributed by atoms with Crippen molar-refractivity contribution >= 4 is 5.97 Å². The third kappa shape index (κ3) is 3.86. The van der Waals surface area contributed by atoms with Crippen molar-refractivity contribution in [1.29, 1.82) is 0 Å². The van der Waals surface area contributed by atoms with Crippen LogP contribution in [0.3, 0.4) is 0 Å². The van der Waals surface area contributed by atoms with Crippen molar-refractivity contribution < 1.29 is 23.1 Å². The van der Waals surface area contributed by atoms with Crippen LogP contribution in [-0.2, 0) is 4.79 Å². The predicted molar refractivity (Wildman–Crippen MR) is 35.2 cm³/mol. The fourth-order valence-corrected chi connectivity index (χ4v) is 0.609. The van der Waals surface area contributed by atoms with Gasteiger partial charge in [0.25, 0.3) is 0 Å². The molecule has 0 bridgehead atoms. The molecule has 0 saturated carbocycles. The van der Waals surface area contributed by atoms with Gasteiger partial charge in [0.1, 0.15) is 5.92 Å². The van der Waals surface area contributed by atoms with Gasteiger partial charge in [-0.2, -0.15) is 13.2 Å². The first-order valence-corrected chi connectivity index (χ1v) is 3.12. The van der Waals surface area contributed by atoms with E-state index < -0.39 is 30.9 Å². The lowest BCUT2D eigenvalue weighted by atomic mass is 10.0. The molecule has 0 aliphatic heterocycles. The van der Waals surface area contributed by atoms with Crippen LogP contribution in [0, 0.1) is 18.3 Å². The molecule has 0 aromatic rings. The van der Waals surface area contributed by atoms with Crippen LogP contribution in [-0.4, -0.2) is 17.3 Å². The molecule has 0 radical (unpaired) electrons. The first kappa shape index (κ1) is 10.8. The smallest absolute Gasteiger partial charge is 0.402 e. The summed E-state index contributed by atoms with van der Waals surface area (Å²) < 4.78 is 35.5. The predicted octanol–water partition coefficient (Wildman–Crippen LogP) is 1.66. The average molecular weight is 180 g/mol. The zero-order valence-corrected chi connectivity index (χ0v) is 6.06. The van der Waals surface area contributed by atoms with Crippen molar-refractivity contribution in [2.45, 2.75) is 19.0 Å². The van der Waals surface area contributed by atoms with E-state index in [0.29, 0.717) is 0 Å². The Hall–Kier alpha value is -1.18. The summed E-state index contributed by atoms with van der Waals surface area (Å²) in [5, 5.41) is 8.09. The van der Waals surface area contributed by atoms with Crippen molar-refractivity contribution in [3.8, 4) is 12.3 Å². The Morgan fingerprint density at radius 3 is 2.33 bits per heavy atom. The summed E-state index contributed by atoms with van der Waals surface area (Å²) >= 11 is 0. The maximum Gasteiger partial charge on any atom is 0.402 e.